The second kappa shape index (κ2) is 18.5. The SMILES string of the molecule is [B]CCOCCOCCOCCOCCOCCC=O. The minimum absolute atomic E-state index is 0.431. The van der Waals surface area contributed by atoms with Crippen LogP contribution in [0.1, 0.15) is 6.42 Å². The van der Waals surface area contributed by atoms with E-state index in [1.165, 1.54) is 0 Å². The van der Waals surface area contributed by atoms with Gasteiger partial charge in [0.1, 0.15) is 6.29 Å². The van der Waals surface area contributed by atoms with Crippen molar-refractivity contribution in [3.63, 3.8) is 0 Å². The maximum Gasteiger partial charge on any atom is 0.122 e. The lowest BCUT2D eigenvalue weighted by Gasteiger charge is -2.07. The molecule has 0 fully saturated rings. The first kappa shape index (κ1) is 19.5. The summed E-state index contributed by atoms with van der Waals surface area (Å²) in [6.07, 6.45) is 1.80. The molecule has 20 heavy (non-hydrogen) atoms. The minimum atomic E-state index is 0.431. The third-order valence-electron chi connectivity index (χ3n) is 2.13. The van der Waals surface area contributed by atoms with Gasteiger partial charge in [0.2, 0.25) is 0 Å². The van der Waals surface area contributed by atoms with Crippen LogP contribution < -0.4 is 0 Å². The zero-order valence-corrected chi connectivity index (χ0v) is 12.1. The van der Waals surface area contributed by atoms with E-state index < -0.39 is 0 Å². The Kier molecular flexibility index (Phi) is 18.1. The van der Waals surface area contributed by atoms with Gasteiger partial charge in [-0.05, 0) is 0 Å². The highest BCUT2D eigenvalue weighted by molar-refractivity contribution is 6.08. The van der Waals surface area contributed by atoms with Crippen LogP contribution in [0.15, 0.2) is 0 Å². The molecule has 0 aromatic rings. The summed E-state index contributed by atoms with van der Waals surface area (Å²) < 4.78 is 26.2. The van der Waals surface area contributed by atoms with Crippen molar-refractivity contribution in [2.75, 3.05) is 66.1 Å². The van der Waals surface area contributed by atoms with Crippen LogP contribution in [0.25, 0.3) is 0 Å². The molecule has 0 aromatic heterocycles. The van der Waals surface area contributed by atoms with Crippen molar-refractivity contribution in [3.8, 4) is 0 Å². The van der Waals surface area contributed by atoms with E-state index in [1.54, 1.807) is 0 Å². The average Bonchev–Trinajstić information content (AvgIpc) is 2.47. The van der Waals surface area contributed by atoms with Crippen molar-refractivity contribution in [1.29, 1.82) is 0 Å². The van der Waals surface area contributed by atoms with E-state index >= 15 is 0 Å². The lowest BCUT2D eigenvalue weighted by Crippen LogP contribution is -2.13. The normalized spacial score (nSPS) is 10.8. The van der Waals surface area contributed by atoms with Gasteiger partial charge in [0.25, 0.3) is 0 Å². The fourth-order valence-electron chi connectivity index (χ4n) is 1.20. The Bertz CT molecular complexity index is 194. The third-order valence-corrected chi connectivity index (χ3v) is 2.13. The highest BCUT2D eigenvalue weighted by Crippen LogP contribution is 1.84. The van der Waals surface area contributed by atoms with Crippen molar-refractivity contribution in [1.82, 2.24) is 0 Å². The van der Waals surface area contributed by atoms with Crippen LogP contribution in [0.2, 0.25) is 6.32 Å². The summed E-state index contributed by atoms with van der Waals surface area (Å²) in [5.74, 6) is 0. The van der Waals surface area contributed by atoms with Crippen molar-refractivity contribution in [2.24, 2.45) is 0 Å². The smallest absolute Gasteiger partial charge is 0.122 e. The Hall–Kier alpha value is -0.465. The molecule has 0 amide bonds. The van der Waals surface area contributed by atoms with Crippen LogP contribution >= 0.6 is 0 Å². The number of hydrogen-bond donors (Lipinski definition) is 0. The zero-order chi connectivity index (χ0) is 14.7. The Morgan fingerprint density at radius 2 is 0.950 bits per heavy atom. The van der Waals surface area contributed by atoms with Gasteiger partial charge < -0.3 is 28.5 Å². The van der Waals surface area contributed by atoms with E-state index in [9.17, 15) is 4.79 Å². The fraction of sp³-hybridized carbons (Fsp3) is 0.923. The Labute approximate surface area is 122 Å². The molecule has 2 radical (unpaired) electrons. The van der Waals surface area contributed by atoms with Crippen LogP contribution in [0.5, 0.6) is 0 Å². The first-order valence-electron chi connectivity index (χ1n) is 6.94. The summed E-state index contributed by atoms with van der Waals surface area (Å²) in [4.78, 5) is 10.0. The maximum absolute atomic E-state index is 10.0. The molecular formula is C13H25BO6. The summed E-state index contributed by atoms with van der Waals surface area (Å²) in [5.41, 5.74) is 0. The molecule has 0 aliphatic heterocycles. The fourth-order valence-corrected chi connectivity index (χ4v) is 1.20. The van der Waals surface area contributed by atoms with Gasteiger partial charge in [-0.3, -0.25) is 0 Å². The van der Waals surface area contributed by atoms with Crippen molar-refractivity contribution < 1.29 is 28.5 Å². The van der Waals surface area contributed by atoms with Crippen LogP contribution in [0, 0.1) is 0 Å². The van der Waals surface area contributed by atoms with Gasteiger partial charge in [-0.1, -0.05) is 6.32 Å². The van der Waals surface area contributed by atoms with Gasteiger partial charge in [-0.15, -0.1) is 0 Å². The molecule has 0 N–H and O–H groups in total. The summed E-state index contributed by atoms with van der Waals surface area (Å²) in [7, 11) is 5.27. The topological polar surface area (TPSA) is 63.2 Å². The van der Waals surface area contributed by atoms with Gasteiger partial charge in [-0.25, -0.2) is 0 Å². The molecule has 6 nitrogen and oxygen atoms in total. The zero-order valence-electron chi connectivity index (χ0n) is 12.1. The molecule has 0 saturated heterocycles. The molecule has 0 rings (SSSR count). The van der Waals surface area contributed by atoms with E-state index in [4.69, 9.17) is 31.5 Å². The summed E-state index contributed by atoms with van der Waals surface area (Å²) >= 11 is 0. The molecule has 0 aliphatic rings. The Balaban J connectivity index is 2.90. The van der Waals surface area contributed by atoms with Gasteiger partial charge in [0.15, 0.2) is 0 Å². The predicted octanol–water partition coefficient (Wildman–Crippen LogP) is 0.245. The molecule has 0 saturated carbocycles. The number of ether oxygens (including phenoxy) is 5. The molecular weight excluding hydrogens is 263 g/mol. The van der Waals surface area contributed by atoms with E-state index in [0.29, 0.717) is 78.8 Å². The maximum atomic E-state index is 10.0. The number of carbonyl (C=O) groups is 1. The molecule has 0 bridgehead atoms. The van der Waals surface area contributed by atoms with Crippen molar-refractivity contribution >= 4 is 14.1 Å². The predicted molar refractivity (Wildman–Crippen MR) is 75.3 cm³/mol. The minimum Gasteiger partial charge on any atom is -0.380 e. The third kappa shape index (κ3) is 17.5. The Morgan fingerprint density at radius 3 is 1.30 bits per heavy atom. The standard InChI is InChI=1S/C13H25BO6/c14-2-5-17-7-9-19-11-13-20-12-10-18-8-6-16-4-1-3-15/h3H,1-2,4-13H2. The van der Waals surface area contributed by atoms with Crippen molar-refractivity contribution in [2.45, 2.75) is 12.7 Å². The molecule has 7 heteroatoms. The van der Waals surface area contributed by atoms with Crippen LogP contribution in [0.3, 0.4) is 0 Å². The molecule has 0 aromatic carbocycles. The number of rotatable bonds is 17. The molecule has 0 aliphatic carbocycles. The van der Waals surface area contributed by atoms with E-state index in [-0.39, 0.29) is 0 Å². The number of hydrogen-bond acceptors (Lipinski definition) is 6. The highest BCUT2D eigenvalue weighted by Gasteiger charge is 1.93. The average molecular weight is 288 g/mol. The van der Waals surface area contributed by atoms with Gasteiger partial charge in [-0.2, -0.15) is 0 Å². The number of carbonyl (C=O) groups excluding carboxylic acids is 1. The molecule has 116 valence electrons. The monoisotopic (exact) mass is 288 g/mol. The first-order valence-corrected chi connectivity index (χ1v) is 6.94. The van der Waals surface area contributed by atoms with Gasteiger partial charge >= 0.3 is 0 Å². The van der Waals surface area contributed by atoms with E-state index in [1.807, 2.05) is 0 Å². The van der Waals surface area contributed by atoms with Crippen molar-refractivity contribution in [3.05, 3.63) is 0 Å². The molecule has 0 spiro atoms. The lowest BCUT2D eigenvalue weighted by atomic mass is 10.1. The molecule has 0 unspecified atom stereocenters. The largest absolute Gasteiger partial charge is 0.380 e. The van der Waals surface area contributed by atoms with Crippen LogP contribution in [-0.4, -0.2) is 80.2 Å². The van der Waals surface area contributed by atoms with Gasteiger partial charge in [0, 0.05) is 13.0 Å². The highest BCUT2D eigenvalue weighted by atomic mass is 16.6. The van der Waals surface area contributed by atoms with Gasteiger partial charge in [0.05, 0.1) is 67.3 Å². The van der Waals surface area contributed by atoms with E-state index in [2.05, 4.69) is 0 Å². The first-order chi connectivity index (χ1) is 9.91. The molecule has 0 atom stereocenters. The Morgan fingerprint density at radius 1 is 0.600 bits per heavy atom. The summed E-state index contributed by atoms with van der Waals surface area (Å²) in [6, 6.07) is 0. The second-order valence-electron chi connectivity index (χ2n) is 3.81. The summed E-state index contributed by atoms with van der Waals surface area (Å²) in [6.45, 7) is 5.28. The summed E-state index contributed by atoms with van der Waals surface area (Å²) in [5, 5.41) is 0. The second-order valence-corrected chi connectivity index (χ2v) is 3.81. The quantitative estimate of drug-likeness (QED) is 0.217. The molecule has 0 heterocycles. The van der Waals surface area contributed by atoms with Crippen LogP contribution in [0.4, 0.5) is 0 Å². The number of aldehydes is 1. The van der Waals surface area contributed by atoms with E-state index in [0.717, 1.165) is 6.29 Å². The lowest BCUT2D eigenvalue weighted by molar-refractivity contribution is -0.108. The van der Waals surface area contributed by atoms with Crippen LogP contribution in [-0.2, 0) is 28.5 Å².